The van der Waals surface area contributed by atoms with Crippen LogP contribution < -0.4 is 10.1 Å². The maximum Gasteiger partial charge on any atom is 0.256 e. The summed E-state index contributed by atoms with van der Waals surface area (Å²) in [7, 11) is 1.75. The van der Waals surface area contributed by atoms with Crippen molar-refractivity contribution in [2.45, 2.75) is 24.1 Å². The number of halogens is 1. The lowest BCUT2D eigenvalue weighted by molar-refractivity contribution is -0.534. The van der Waals surface area contributed by atoms with Crippen LogP contribution in [0.15, 0.2) is 71.2 Å². The number of nitrogens with zero attached hydrogens (tertiary/aromatic N) is 3. The first-order valence-corrected chi connectivity index (χ1v) is 11.8. The van der Waals surface area contributed by atoms with Crippen LogP contribution in [0.25, 0.3) is 0 Å². The summed E-state index contributed by atoms with van der Waals surface area (Å²) in [5.41, 5.74) is 1.63. The van der Waals surface area contributed by atoms with Crippen LogP contribution in [-0.4, -0.2) is 35.4 Å². The van der Waals surface area contributed by atoms with Gasteiger partial charge in [0.05, 0.1) is 17.6 Å². The molecule has 0 aromatic heterocycles. The number of anilines is 1. The quantitative estimate of drug-likeness (QED) is 0.384. The van der Waals surface area contributed by atoms with E-state index >= 15 is 0 Å². The molecular formula is C26H21BrN4O4. The highest BCUT2D eigenvalue weighted by Gasteiger charge is 2.68. The topological polar surface area (TPSA) is 108 Å². The molecule has 0 aliphatic carbocycles. The number of fused-ring (bicyclic) bond motifs is 2. The number of likely N-dealkylation sites (N-methyl/N-ethyl adjacent to an activating group) is 1. The van der Waals surface area contributed by atoms with Gasteiger partial charge in [-0.2, -0.15) is 5.26 Å². The zero-order chi connectivity index (χ0) is 24.7. The number of amides is 1. The minimum absolute atomic E-state index is 0.137. The molecule has 2 aliphatic rings. The summed E-state index contributed by atoms with van der Waals surface area (Å²) < 4.78 is 6.88. The van der Waals surface area contributed by atoms with E-state index in [9.17, 15) is 20.2 Å². The Hall–Kier alpha value is -3.74. The molecule has 0 bridgehead atoms. The first-order valence-electron chi connectivity index (χ1n) is 11.0. The predicted octanol–water partition coefficient (Wildman–Crippen LogP) is 4.42. The number of para-hydroxylation sites is 1. The minimum Gasteiger partial charge on any atom is -0.489 e. The van der Waals surface area contributed by atoms with Crippen molar-refractivity contribution in [2.75, 3.05) is 18.9 Å². The molecule has 0 radical (unpaired) electrons. The highest BCUT2D eigenvalue weighted by atomic mass is 79.9. The monoisotopic (exact) mass is 532 g/mol. The molecule has 1 saturated heterocycles. The van der Waals surface area contributed by atoms with Crippen LogP contribution in [-0.2, 0) is 16.9 Å². The molecule has 2 aliphatic heterocycles. The maximum atomic E-state index is 13.4. The number of rotatable bonds is 5. The molecule has 2 heterocycles. The van der Waals surface area contributed by atoms with Crippen molar-refractivity contribution in [3.63, 3.8) is 0 Å². The number of ether oxygens (including phenoxy) is 1. The third-order valence-electron chi connectivity index (χ3n) is 6.93. The second kappa shape index (κ2) is 8.80. The first kappa shape index (κ1) is 23.0. The largest absolute Gasteiger partial charge is 0.489 e. The van der Waals surface area contributed by atoms with E-state index in [0.29, 0.717) is 28.1 Å². The third kappa shape index (κ3) is 3.57. The van der Waals surface area contributed by atoms with E-state index < -0.39 is 23.4 Å². The van der Waals surface area contributed by atoms with Crippen molar-refractivity contribution in [3.05, 3.63) is 104 Å². The molecule has 3 aromatic rings. The summed E-state index contributed by atoms with van der Waals surface area (Å²) in [6.07, 6.45) is 0. The summed E-state index contributed by atoms with van der Waals surface area (Å²) in [5, 5.41) is 24.9. The molecule has 1 fully saturated rings. The second-order valence-electron chi connectivity index (χ2n) is 8.72. The van der Waals surface area contributed by atoms with Crippen LogP contribution in [0.4, 0.5) is 5.69 Å². The van der Waals surface area contributed by atoms with Crippen molar-refractivity contribution in [2.24, 2.45) is 0 Å². The molecule has 3 aromatic carbocycles. The summed E-state index contributed by atoms with van der Waals surface area (Å²) >= 11 is 3.49. The van der Waals surface area contributed by atoms with Crippen LogP contribution in [0, 0.1) is 21.4 Å². The first-order chi connectivity index (χ1) is 16.9. The average Bonchev–Trinajstić information content (AvgIpc) is 3.33. The van der Waals surface area contributed by atoms with Crippen molar-refractivity contribution >= 4 is 27.5 Å². The Kier molecular flexibility index (Phi) is 5.79. The molecule has 1 N–H and O–H groups in total. The van der Waals surface area contributed by atoms with E-state index in [-0.39, 0.29) is 18.1 Å². The fraction of sp³-hybridized carbons (Fsp3) is 0.231. The van der Waals surface area contributed by atoms with Gasteiger partial charge in [0.15, 0.2) is 5.54 Å². The van der Waals surface area contributed by atoms with E-state index in [1.54, 1.807) is 54.4 Å². The highest BCUT2D eigenvalue weighted by molar-refractivity contribution is 9.10. The molecule has 0 unspecified atom stereocenters. The van der Waals surface area contributed by atoms with E-state index in [1.807, 2.05) is 24.3 Å². The minimum atomic E-state index is -1.43. The molecule has 35 heavy (non-hydrogen) atoms. The zero-order valence-electron chi connectivity index (χ0n) is 18.8. The van der Waals surface area contributed by atoms with E-state index in [4.69, 9.17) is 4.74 Å². The average molecular weight is 533 g/mol. The Balaban J connectivity index is 1.58. The Morgan fingerprint density at radius 3 is 2.74 bits per heavy atom. The van der Waals surface area contributed by atoms with Crippen molar-refractivity contribution in [3.8, 4) is 11.8 Å². The summed E-state index contributed by atoms with van der Waals surface area (Å²) in [6, 6.07) is 20.6. The van der Waals surface area contributed by atoms with Crippen molar-refractivity contribution in [1.82, 2.24) is 4.90 Å². The van der Waals surface area contributed by atoms with Gasteiger partial charge in [-0.1, -0.05) is 52.3 Å². The third-order valence-corrected chi connectivity index (χ3v) is 7.43. The summed E-state index contributed by atoms with van der Waals surface area (Å²) in [4.78, 5) is 27.4. The van der Waals surface area contributed by atoms with Gasteiger partial charge in [-0.15, -0.1) is 0 Å². The number of carbonyl (C=O) groups excluding carboxylic acids is 1. The fourth-order valence-corrected chi connectivity index (χ4v) is 5.79. The molecule has 8 nitrogen and oxygen atoms in total. The standard InChI is InChI=1S/C26H21BrN4O4/c1-30-14-20(24(31(33)34)26(30)21-8-4-5-9-22(21)29-25(26)32)19-12-18(27)10-11-23(19)35-15-17-7-3-2-6-16(17)13-28/h2-12,20,24H,14-15H2,1H3,(H,29,32)/t20-,24-,26-/m1/s1. The van der Waals surface area contributed by atoms with Crippen molar-refractivity contribution in [1.29, 1.82) is 5.26 Å². The molecule has 0 saturated carbocycles. The molecule has 1 spiro atoms. The van der Waals surface area contributed by atoms with Crippen molar-refractivity contribution < 1.29 is 14.5 Å². The highest BCUT2D eigenvalue weighted by Crippen LogP contribution is 2.53. The maximum absolute atomic E-state index is 13.4. The Morgan fingerprint density at radius 2 is 1.97 bits per heavy atom. The lowest BCUT2D eigenvalue weighted by atomic mass is 9.79. The SMILES string of the molecule is CN1C[C@H](c2cc(Br)ccc2OCc2ccccc2C#N)[C@@H]([N+](=O)[O-])[C@]12C(=O)Nc1ccccc12. The predicted molar refractivity (Wildman–Crippen MR) is 133 cm³/mol. The number of carbonyl (C=O) groups is 1. The van der Waals surface area contributed by atoms with Gasteiger partial charge < -0.3 is 10.1 Å². The zero-order valence-corrected chi connectivity index (χ0v) is 20.4. The Labute approximate surface area is 210 Å². The number of hydrogen-bond acceptors (Lipinski definition) is 6. The fourth-order valence-electron chi connectivity index (χ4n) is 5.41. The van der Waals surface area contributed by atoms with Crippen LogP contribution in [0.3, 0.4) is 0 Å². The molecular weight excluding hydrogens is 512 g/mol. The van der Waals surface area contributed by atoms with Gasteiger partial charge in [0.1, 0.15) is 12.4 Å². The number of nitriles is 1. The van der Waals surface area contributed by atoms with E-state index in [0.717, 1.165) is 10.0 Å². The van der Waals surface area contributed by atoms with Gasteiger partial charge in [0, 0.05) is 38.3 Å². The Bertz CT molecular complexity index is 1390. The van der Waals surface area contributed by atoms with Gasteiger partial charge in [0.2, 0.25) is 0 Å². The molecule has 9 heteroatoms. The number of hydrogen-bond donors (Lipinski definition) is 1. The van der Waals surface area contributed by atoms with Gasteiger partial charge in [-0.3, -0.25) is 19.8 Å². The molecule has 5 rings (SSSR count). The normalized spacial score (nSPS) is 23.1. The smallest absolute Gasteiger partial charge is 0.256 e. The Morgan fingerprint density at radius 1 is 1.23 bits per heavy atom. The summed E-state index contributed by atoms with van der Waals surface area (Å²) in [6.45, 7) is 0.424. The molecule has 1 amide bonds. The van der Waals surface area contributed by atoms with Crippen LogP contribution in [0.2, 0.25) is 0 Å². The molecule has 3 atom stereocenters. The van der Waals surface area contributed by atoms with Crippen LogP contribution in [0.1, 0.15) is 28.2 Å². The van der Waals surface area contributed by atoms with Gasteiger partial charge in [-0.25, -0.2) is 0 Å². The van der Waals surface area contributed by atoms with Gasteiger partial charge in [-0.05, 0) is 37.4 Å². The number of nitro groups is 1. The number of nitrogens with one attached hydrogen (secondary N) is 1. The van der Waals surface area contributed by atoms with Gasteiger partial charge >= 0.3 is 0 Å². The van der Waals surface area contributed by atoms with Gasteiger partial charge in [0.25, 0.3) is 11.9 Å². The molecule has 176 valence electrons. The number of benzene rings is 3. The van der Waals surface area contributed by atoms with Crippen LogP contribution in [0.5, 0.6) is 5.75 Å². The van der Waals surface area contributed by atoms with Crippen LogP contribution >= 0.6 is 15.9 Å². The number of likely N-dealkylation sites (tertiary alicyclic amines) is 1. The summed E-state index contributed by atoms with van der Waals surface area (Å²) in [5.74, 6) is -0.536. The van der Waals surface area contributed by atoms with E-state index in [1.165, 1.54) is 0 Å². The van der Waals surface area contributed by atoms with E-state index in [2.05, 4.69) is 27.3 Å². The lowest BCUT2D eigenvalue weighted by Gasteiger charge is -2.30. The lowest BCUT2D eigenvalue weighted by Crippen LogP contribution is -2.54. The second-order valence-corrected chi connectivity index (χ2v) is 9.64.